The van der Waals surface area contributed by atoms with Crippen LogP contribution in [0.3, 0.4) is 0 Å². The van der Waals surface area contributed by atoms with Gasteiger partial charge in [-0.15, -0.1) is 0 Å². The van der Waals surface area contributed by atoms with Gasteiger partial charge in [0.15, 0.2) is 11.5 Å². The molecule has 0 aromatic heterocycles. The molecule has 0 bridgehead atoms. The van der Waals surface area contributed by atoms with Crippen LogP contribution in [0, 0.1) is 6.92 Å². The molecule has 0 spiro atoms. The fourth-order valence-electron chi connectivity index (χ4n) is 3.22. The zero-order valence-electron chi connectivity index (χ0n) is 11.5. The Bertz CT molecular complexity index is 495. The Kier molecular flexibility index (Phi) is 3.35. The SMILES string of the molecule is Cc1c2c(cc(Cl)c1C1(C)CCCN1)OCCCO2. The molecule has 1 aromatic rings. The minimum Gasteiger partial charge on any atom is -0.489 e. The lowest BCUT2D eigenvalue weighted by Gasteiger charge is -2.29. The minimum atomic E-state index is -0.0497. The van der Waals surface area contributed by atoms with Crippen LogP contribution in [0.15, 0.2) is 6.07 Å². The summed E-state index contributed by atoms with van der Waals surface area (Å²) in [6.07, 6.45) is 3.20. The number of benzene rings is 1. The molecule has 3 rings (SSSR count). The van der Waals surface area contributed by atoms with Crippen LogP contribution in [0.4, 0.5) is 0 Å². The van der Waals surface area contributed by atoms with Crippen LogP contribution in [-0.2, 0) is 5.54 Å². The number of nitrogens with one attached hydrogen (secondary N) is 1. The van der Waals surface area contributed by atoms with E-state index >= 15 is 0 Å². The molecule has 3 nitrogen and oxygen atoms in total. The lowest BCUT2D eigenvalue weighted by molar-refractivity contribution is 0.296. The molecule has 0 saturated carbocycles. The third kappa shape index (κ3) is 2.19. The van der Waals surface area contributed by atoms with Crippen LogP contribution in [0.25, 0.3) is 0 Å². The predicted molar refractivity (Wildman–Crippen MR) is 76.4 cm³/mol. The molecule has 1 atom stereocenters. The molecule has 1 N–H and O–H groups in total. The predicted octanol–water partition coefficient (Wildman–Crippen LogP) is 3.41. The molecule has 0 aliphatic carbocycles. The molecule has 0 radical (unpaired) electrons. The van der Waals surface area contributed by atoms with Crippen molar-refractivity contribution in [3.63, 3.8) is 0 Å². The van der Waals surface area contributed by atoms with Crippen molar-refractivity contribution in [2.24, 2.45) is 0 Å². The Labute approximate surface area is 119 Å². The summed E-state index contributed by atoms with van der Waals surface area (Å²) in [5, 5.41) is 4.35. The van der Waals surface area contributed by atoms with Gasteiger partial charge < -0.3 is 14.8 Å². The number of rotatable bonds is 1. The van der Waals surface area contributed by atoms with Crippen molar-refractivity contribution in [3.8, 4) is 11.5 Å². The van der Waals surface area contributed by atoms with E-state index in [-0.39, 0.29) is 5.54 Å². The Balaban J connectivity index is 2.12. The van der Waals surface area contributed by atoms with Gasteiger partial charge in [0, 0.05) is 28.6 Å². The molecule has 19 heavy (non-hydrogen) atoms. The third-order valence-electron chi connectivity index (χ3n) is 4.15. The molecule has 2 aliphatic rings. The topological polar surface area (TPSA) is 30.5 Å². The first kappa shape index (κ1) is 13.1. The van der Waals surface area contributed by atoms with E-state index in [9.17, 15) is 0 Å². The van der Waals surface area contributed by atoms with Crippen molar-refractivity contribution < 1.29 is 9.47 Å². The molecular weight excluding hydrogens is 262 g/mol. The van der Waals surface area contributed by atoms with Crippen LogP contribution >= 0.6 is 11.6 Å². The summed E-state index contributed by atoms with van der Waals surface area (Å²) < 4.78 is 11.6. The van der Waals surface area contributed by atoms with Crippen LogP contribution in [0.2, 0.25) is 5.02 Å². The highest BCUT2D eigenvalue weighted by molar-refractivity contribution is 6.31. The number of hydrogen-bond donors (Lipinski definition) is 1. The van der Waals surface area contributed by atoms with Crippen molar-refractivity contribution in [2.45, 2.75) is 38.6 Å². The van der Waals surface area contributed by atoms with Crippen molar-refractivity contribution in [3.05, 3.63) is 22.2 Å². The summed E-state index contributed by atoms with van der Waals surface area (Å²) in [7, 11) is 0. The first-order valence-corrected chi connectivity index (χ1v) is 7.34. The molecule has 2 heterocycles. The summed E-state index contributed by atoms with van der Waals surface area (Å²) in [5.41, 5.74) is 2.23. The first-order valence-electron chi connectivity index (χ1n) is 6.96. The smallest absolute Gasteiger partial charge is 0.164 e. The Hall–Kier alpha value is -0.930. The molecule has 104 valence electrons. The van der Waals surface area contributed by atoms with Crippen LogP contribution in [-0.4, -0.2) is 19.8 Å². The standard InChI is InChI=1S/C15H20ClNO2/c1-10-13(15(2)5-3-6-17-15)11(16)9-12-14(10)19-8-4-7-18-12/h9,17H,3-8H2,1-2H3. The van der Waals surface area contributed by atoms with E-state index in [0.717, 1.165) is 47.0 Å². The maximum Gasteiger partial charge on any atom is 0.164 e. The van der Waals surface area contributed by atoms with Gasteiger partial charge in [-0.1, -0.05) is 11.6 Å². The van der Waals surface area contributed by atoms with Gasteiger partial charge in [-0.2, -0.15) is 0 Å². The molecule has 0 amide bonds. The average Bonchev–Trinajstić information content (AvgIpc) is 2.66. The van der Waals surface area contributed by atoms with Crippen LogP contribution in [0.5, 0.6) is 11.5 Å². The molecule has 1 unspecified atom stereocenters. The van der Waals surface area contributed by atoms with Crippen molar-refractivity contribution >= 4 is 11.6 Å². The van der Waals surface area contributed by atoms with Crippen molar-refractivity contribution in [1.29, 1.82) is 0 Å². The second kappa shape index (κ2) is 4.88. The van der Waals surface area contributed by atoms with E-state index in [1.54, 1.807) is 0 Å². The van der Waals surface area contributed by atoms with Gasteiger partial charge in [0.05, 0.1) is 13.2 Å². The largest absolute Gasteiger partial charge is 0.489 e. The molecular formula is C15H20ClNO2. The van der Waals surface area contributed by atoms with Gasteiger partial charge in [0.2, 0.25) is 0 Å². The molecule has 1 saturated heterocycles. The highest BCUT2D eigenvalue weighted by Gasteiger charge is 2.35. The number of hydrogen-bond acceptors (Lipinski definition) is 3. The lowest BCUT2D eigenvalue weighted by Crippen LogP contribution is -2.34. The van der Waals surface area contributed by atoms with Gasteiger partial charge in [-0.3, -0.25) is 0 Å². The summed E-state index contributed by atoms with van der Waals surface area (Å²) >= 11 is 6.51. The maximum absolute atomic E-state index is 6.51. The number of ether oxygens (including phenoxy) is 2. The zero-order chi connectivity index (χ0) is 13.5. The molecule has 1 aromatic carbocycles. The van der Waals surface area contributed by atoms with Gasteiger partial charge in [0.1, 0.15) is 0 Å². The lowest BCUT2D eigenvalue weighted by atomic mass is 9.86. The summed E-state index contributed by atoms with van der Waals surface area (Å²) in [4.78, 5) is 0. The average molecular weight is 282 g/mol. The van der Waals surface area contributed by atoms with E-state index in [4.69, 9.17) is 21.1 Å². The fourth-order valence-corrected chi connectivity index (χ4v) is 3.67. The van der Waals surface area contributed by atoms with E-state index in [1.165, 1.54) is 6.42 Å². The summed E-state index contributed by atoms with van der Waals surface area (Å²) in [6.45, 7) is 6.75. The quantitative estimate of drug-likeness (QED) is 0.856. The van der Waals surface area contributed by atoms with Crippen LogP contribution in [0.1, 0.15) is 37.3 Å². The Morgan fingerprint density at radius 3 is 2.79 bits per heavy atom. The highest BCUT2D eigenvalue weighted by atomic mass is 35.5. The molecule has 1 fully saturated rings. The van der Waals surface area contributed by atoms with E-state index in [2.05, 4.69) is 19.2 Å². The first-order chi connectivity index (χ1) is 9.12. The second-order valence-electron chi connectivity index (χ2n) is 5.60. The van der Waals surface area contributed by atoms with Gasteiger partial charge in [-0.05, 0) is 38.8 Å². The fraction of sp³-hybridized carbons (Fsp3) is 0.600. The highest BCUT2D eigenvalue weighted by Crippen LogP contribution is 2.45. The second-order valence-corrected chi connectivity index (χ2v) is 6.01. The third-order valence-corrected chi connectivity index (χ3v) is 4.45. The monoisotopic (exact) mass is 281 g/mol. The summed E-state index contributed by atoms with van der Waals surface area (Å²) in [6, 6.07) is 1.91. The van der Waals surface area contributed by atoms with Crippen molar-refractivity contribution in [2.75, 3.05) is 19.8 Å². The normalized spacial score (nSPS) is 26.3. The zero-order valence-corrected chi connectivity index (χ0v) is 12.3. The van der Waals surface area contributed by atoms with Gasteiger partial charge in [-0.25, -0.2) is 0 Å². The Morgan fingerprint density at radius 1 is 1.26 bits per heavy atom. The van der Waals surface area contributed by atoms with E-state index in [0.29, 0.717) is 13.2 Å². The van der Waals surface area contributed by atoms with Crippen LogP contribution < -0.4 is 14.8 Å². The van der Waals surface area contributed by atoms with Gasteiger partial charge in [0.25, 0.3) is 0 Å². The minimum absolute atomic E-state index is 0.0497. The molecule has 2 aliphatic heterocycles. The van der Waals surface area contributed by atoms with E-state index in [1.807, 2.05) is 6.07 Å². The number of fused-ring (bicyclic) bond motifs is 1. The Morgan fingerprint density at radius 2 is 2.05 bits per heavy atom. The van der Waals surface area contributed by atoms with E-state index < -0.39 is 0 Å². The molecule has 4 heteroatoms. The maximum atomic E-state index is 6.51. The van der Waals surface area contributed by atoms with Crippen molar-refractivity contribution in [1.82, 2.24) is 5.32 Å². The van der Waals surface area contributed by atoms with Gasteiger partial charge >= 0.3 is 0 Å². The summed E-state index contributed by atoms with van der Waals surface area (Å²) in [5.74, 6) is 1.65. The number of halogens is 1.